The quantitative estimate of drug-likeness (QED) is 0.845. The van der Waals surface area contributed by atoms with E-state index in [-0.39, 0.29) is 12.0 Å². The Bertz CT molecular complexity index is 615. The molecule has 0 aliphatic rings. The number of hydrogen-bond acceptors (Lipinski definition) is 2. The highest BCUT2D eigenvalue weighted by Gasteiger charge is 2.03. The number of nitrogens with one attached hydrogen (secondary N) is 1. The highest BCUT2D eigenvalue weighted by Crippen LogP contribution is 2.08. The third kappa shape index (κ3) is 6.25. The van der Waals surface area contributed by atoms with Crippen LogP contribution in [0.2, 0.25) is 0 Å². The van der Waals surface area contributed by atoms with Crippen molar-refractivity contribution in [2.75, 3.05) is 0 Å². The Hall–Kier alpha value is -2.13. The van der Waals surface area contributed by atoms with Crippen molar-refractivity contribution >= 4 is 5.91 Å². The second-order valence-electron chi connectivity index (χ2n) is 6.12. The van der Waals surface area contributed by atoms with Crippen LogP contribution in [0.25, 0.3) is 0 Å². The maximum absolute atomic E-state index is 12.0. The zero-order chi connectivity index (χ0) is 16.7. The Morgan fingerprint density at radius 2 is 1.52 bits per heavy atom. The van der Waals surface area contributed by atoms with E-state index in [0.717, 1.165) is 16.7 Å². The number of hydrogen-bond donors (Lipinski definition) is 1. The van der Waals surface area contributed by atoms with Gasteiger partial charge < -0.3 is 10.1 Å². The molecular weight excluding hydrogens is 286 g/mol. The molecule has 0 aliphatic heterocycles. The summed E-state index contributed by atoms with van der Waals surface area (Å²) in [6.07, 6.45) is 0.649. The van der Waals surface area contributed by atoms with E-state index < -0.39 is 0 Å². The molecule has 2 aromatic rings. The smallest absolute Gasteiger partial charge is 0.224 e. The maximum Gasteiger partial charge on any atom is 0.224 e. The van der Waals surface area contributed by atoms with Gasteiger partial charge >= 0.3 is 0 Å². The van der Waals surface area contributed by atoms with Crippen LogP contribution < -0.4 is 5.32 Å². The molecule has 0 spiro atoms. The minimum Gasteiger partial charge on any atom is -0.374 e. The van der Waals surface area contributed by atoms with Gasteiger partial charge in [-0.3, -0.25) is 4.79 Å². The van der Waals surface area contributed by atoms with Crippen molar-refractivity contribution in [2.45, 2.75) is 46.4 Å². The van der Waals surface area contributed by atoms with Crippen LogP contribution in [0, 0.1) is 6.92 Å². The first kappa shape index (κ1) is 17.2. The number of rotatable bonds is 7. The van der Waals surface area contributed by atoms with Gasteiger partial charge in [0.25, 0.3) is 0 Å². The molecule has 2 rings (SSSR count). The summed E-state index contributed by atoms with van der Waals surface area (Å²) in [7, 11) is 0. The zero-order valence-corrected chi connectivity index (χ0v) is 14.1. The molecule has 2 aromatic carbocycles. The van der Waals surface area contributed by atoms with Gasteiger partial charge in [-0.2, -0.15) is 0 Å². The Labute approximate surface area is 138 Å². The second kappa shape index (κ2) is 8.49. The van der Waals surface area contributed by atoms with Crippen LogP contribution in [0.1, 0.15) is 36.1 Å². The van der Waals surface area contributed by atoms with Crippen molar-refractivity contribution in [2.24, 2.45) is 0 Å². The maximum atomic E-state index is 12.0. The monoisotopic (exact) mass is 311 g/mol. The van der Waals surface area contributed by atoms with Gasteiger partial charge in [0.1, 0.15) is 0 Å². The fraction of sp³-hybridized carbons (Fsp3) is 0.350. The molecule has 0 bridgehead atoms. The van der Waals surface area contributed by atoms with Crippen molar-refractivity contribution in [3.8, 4) is 0 Å². The fourth-order valence-corrected chi connectivity index (χ4v) is 2.17. The number of aryl methyl sites for hydroxylation is 1. The van der Waals surface area contributed by atoms with Gasteiger partial charge in [0.15, 0.2) is 0 Å². The third-order valence-corrected chi connectivity index (χ3v) is 3.58. The summed E-state index contributed by atoms with van der Waals surface area (Å²) < 4.78 is 5.57. The molecule has 0 fully saturated rings. The highest BCUT2D eigenvalue weighted by atomic mass is 16.5. The zero-order valence-electron chi connectivity index (χ0n) is 14.1. The first-order valence-electron chi connectivity index (χ1n) is 8.04. The number of carbonyl (C=O) groups excluding carboxylic acids is 1. The SMILES string of the molecule is Cc1ccc(CC(=O)NCc2ccc(COC(C)C)cc2)cc1. The van der Waals surface area contributed by atoms with Gasteiger partial charge in [-0.25, -0.2) is 0 Å². The average molecular weight is 311 g/mol. The molecule has 1 amide bonds. The molecule has 0 saturated heterocycles. The van der Waals surface area contributed by atoms with E-state index >= 15 is 0 Å². The van der Waals surface area contributed by atoms with Crippen LogP contribution in [0.5, 0.6) is 0 Å². The molecule has 23 heavy (non-hydrogen) atoms. The molecule has 122 valence electrons. The van der Waals surface area contributed by atoms with Crippen molar-refractivity contribution < 1.29 is 9.53 Å². The molecule has 3 heteroatoms. The van der Waals surface area contributed by atoms with E-state index in [1.807, 2.05) is 69.3 Å². The van der Waals surface area contributed by atoms with E-state index in [1.165, 1.54) is 5.56 Å². The van der Waals surface area contributed by atoms with Crippen LogP contribution in [-0.4, -0.2) is 12.0 Å². The van der Waals surface area contributed by atoms with Crippen LogP contribution in [0.4, 0.5) is 0 Å². The molecule has 0 atom stereocenters. The van der Waals surface area contributed by atoms with Gasteiger partial charge in [-0.1, -0.05) is 54.1 Å². The highest BCUT2D eigenvalue weighted by molar-refractivity contribution is 5.78. The van der Waals surface area contributed by atoms with Crippen molar-refractivity contribution in [1.29, 1.82) is 0 Å². The lowest BCUT2D eigenvalue weighted by atomic mass is 10.1. The van der Waals surface area contributed by atoms with Crippen LogP contribution in [0.3, 0.4) is 0 Å². The second-order valence-corrected chi connectivity index (χ2v) is 6.12. The summed E-state index contributed by atoms with van der Waals surface area (Å²) in [5.41, 5.74) is 4.48. The molecule has 0 aromatic heterocycles. The van der Waals surface area contributed by atoms with E-state index in [9.17, 15) is 4.79 Å². The minimum atomic E-state index is 0.0427. The summed E-state index contributed by atoms with van der Waals surface area (Å²) in [5.74, 6) is 0.0427. The summed E-state index contributed by atoms with van der Waals surface area (Å²) >= 11 is 0. The summed E-state index contributed by atoms with van der Waals surface area (Å²) in [6, 6.07) is 16.2. The lowest BCUT2D eigenvalue weighted by molar-refractivity contribution is -0.120. The molecule has 0 aliphatic carbocycles. The largest absolute Gasteiger partial charge is 0.374 e. The number of amides is 1. The molecule has 0 heterocycles. The Morgan fingerprint density at radius 1 is 0.957 bits per heavy atom. The van der Waals surface area contributed by atoms with E-state index in [0.29, 0.717) is 19.6 Å². The number of carbonyl (C=O) groups is 1. The predicted molar refractivity (Wildman–Crippen MR) is 93.1 cm³/mol. The van der Waals surface area contributed by atoms with Crippen LogP contribution in [-0.2, 0) is 29.1 Å². The first-order valence-corrected chi connectivity index (χ1v) is 8.04. The summed E-state index contributed by atoms with van der Waals surface area (Å²) in [6.45, 7) is 7.27. The standard InChI is InChI=1S/C20H25NO2/c1-15(2)23-14-19-10-8-18(9-11-19)13-21-20(22)12-17-6-4-16(3)5-7-17/h4-11,15H,12-14H2,1-3H3,(H,21,22). The lowest BCUT2D eigenvalue weighted by Gasteiger charge is -2.09. The van der Waals surface area contributed by atoms with Crippen molar-refractivity contribution in [3.63, 3.8) is 0 Å². The van der Waals surface area contributed by atoms with Gasteiger partial charge in [-0.15, -0.1) is 0 Å². The number of ether oxygens (including phenoxy) is 1. The summed E-state index contributed by atoms with van der Waals surface area (Å²) in [5, 5.41) is 2.96. The van der Waals surface area contributed by atoms with Gasteiger partial charge in [0.2, 0.25) is 5.91 Å². The van der Waals surface area contributed by atoms with Gasteiger partial charge in [0, 0.05) is 6.54 Å². The molecule has 3 nitrogen and oxygen atoms in total. The van der Waals surface area contributed by atoms with Gasteiger partial charge in [0.05, 0.1) is 19.1 Å². The summed E-state index contributed by atoms with van der Waals surface area (Å²) in [4.78, 5) is 12.0. The normalized spacial score (nSPS) is 10.8. The molecular formula is C20H25NO2. The van der Waals surface area contributed by atoms with Crippen LogP contribution in [0.15, 0.2) is 48.5 Å². The van der Waals surface area contributed by atoms with E-state index in [4.69, 9.17) is 4.74 Å². The first-order chi connectivity index (χ1) is 11.0. The third-order valence-electron chi connectivity index (χ3n) is 3.58. The van der Waals surface area contributed by atoms with Crippen molar-refractivity contribution in [3.05, 3.63) is 70.8 Å². The molecule has 0 saturated carbocycles. The van der Waals surface area contributed by atoms with E-state index in [1.54, 1.807) is 0 Å². The van der Waals surface area contributed by atoms with Gasteiger partial charge in [-0.05, 0) is 37.5 Å². The Morgan fingerprint density at radius 3 is 2.13 bits per heavy atom. The number of benzene rings is 2. The Kier molecular flexibility index (Phi) is 6.36. The predicted octanol–water partition coefficient (Wildman–Crippen LogP) is 3.78. The minimum absolute atomic E-state index is 0.0427. The topological polar surface area (TPSA) is 38.3 Å². The fourth-order valence-electron chi connectivity index (χ4n) is 2.17. The van der Waals surface area contributed by atoms with E-state index in [2.05, 4.69) is 5.32 Å². The van der Waals surface area contributed by atoms with Crippen LogP contribution >= 0.6 is 0 Å². The molecule has 0 unspecified atom stereocenters. The molecule has 0 radical (unpaired) electrons. The average Bonchev–Trinajstić information content (AvgIpc) is 2.54. The Balaban J connectivity index is 1.78. The van der Waals surface area contributed by atoms with Crippen molar-refractivity contribution in [1.82, 2.24) is 5.32 Å². The lowest BCUT2D eigenvalue weighted by Crippen LogP contribution is -2.24. The molecule has 1 N–H and O–H groups in total.